The first-order valence-corrected chi connectivity index (χ1v) is 32.8. The highest BCUT2D eigenvalue weighted by atomic mass is 35.5. The summed E-state index contributed by atoms with van der Waals surface area (Å²) in [7, 11) is -12.1. The van der Waals surface area contributed by atoms with Crippen LogP contribution in [-0.2, 0) is 43.0 Å². The molecule has 16 nitrogen and oxygen atoms in total. The second-order valence-electron chi connectivity index (χ2n) is 21.9. The zero-order valence-corrected chi connectivity index (χ0v) is 49.6. The molecule has 2 saturated heterocycles. The molecule has 2 heterocycles. The molecule has 2 atom stereocenters. The van der Waals surface area contributed by atoms with Gasteiger partial charge in [0.2, 0.25) is 6.79 Å². The Morgan fingerprint density at radius 3 is 2.12 bits per heavy atom. The molecule has 77 heavy (non-hydrogen) atoms. The van der Waals surface area contributed by atoms with Gasteiger partial charge >= 0.3 is 13.6 Å². The maximum absolute atomic E-state index is 13.8. The lowest BCUT2D eigenvalue weighted by Crippen LogP contribution is -2.47. The van der Waals surface area contributed by atoms with Crippen LogP contribution in [0, 0.1) is 10.8 Å². The average molecular weight is 1160 g/mol. The number of sulfonamides is 1. The van der Waals surface area contributed by atoms with E-state index in [-0.39, 0.29) is 45.4 Å². The highest BCUT2D eigenvalue weighted by Crippen LogP contribution is 2.49. The van der Waals surface area contributed by atoms with Crippen LogP contribution in [0.4, 0.5) is 11.4 Å². The summed E-state index contributed by atoms with van der Waals surface area (Å²) in [6, 6.07) is 28.5. The number of nitrogens with zero attached hydrogens (tertiary/aromatic N) is 4. The number of allylic oxidation sites excluding steroid dienone is 1. The second kappa shape index (κ2) is 26.3. The third-order valence-corrected chi connectivity index (χ3v) is 19.9. The molecule has 0 bridgehead atoms. The largest absolute Gasteiger partial charge is 0.438 e. The van der Waals surface area contributed by atoms with E-state index < -0.39 is 51.5 Å². The van der Waals surface area contributed by atoms with Crippen LogP contribution in [0.5, 0.6) is 0 Å². The number of ether oxygens (including phenoxy) is 1. The highest BCUT2D eigenvalue weighted by molar-refractivity contribution is 7.99. The van der Waals surface area contributed by atoms with Gasteiger partial charge in [0.25, 0.3) is 15.9 Å². The Hall–Kier alpha value is -4.27. The Bertz CT molecular complexity index is 2960. The maximum Gasteiger partial charge on any atom is 0.347 e. The molecule has 1 aliphatic carbocycles. The zero-order chi connectivity index (χ0) is 55.6. The minimum atomic E-state index is -4.51. The number of benzene rings is 4. The first kappa shape index (κ1) is 60.4. The quantitative estimate of drug-likeness (QED) is 0.0309. The van der Waals surface area contributed by atoms with Gasteiger partial charge in [0, 0.05) is 105 Å². The number of nitrogens with one attached hydrogen (secondary N) is 2. The van der Waals surface area contributed by atoms with E-state index >= 15 is 0 Å². The molecule has 4 aromatic rings. The van der Waals surface area contributed by atoms with E-state index in [0.717, 1.165) is 79.9 Å². The molecule has 420 valence electrons. The van der Waals surface area contributed by atoms with E-state index in [1.807, 2.05) is 59.5 Å². The van der Waals surface area contributed by atoms with E-state index in [0.29, 0.717) is 44.9 Å². The van der Waals surface area contributed by atoms with Gasteiger partial charge in [0.1, 0.15) is 6.29 Å². The van der Waals surface area contributed by atoms with Crippen molar-refractivity contribution in [3.8, 4) is 0 Å². The summed E-state index contributed by atoms with van der Waals surface area (Å²) in [5, 5.41) is 4.16. The summed E-state index contributed by atoms with van der Waals surface area (Å²) in [5.74, 6) is -0.741. The fourth-order valence-electron chi connectivity index (χ4n) is 9.72. The van der Waals surface area contributed by atoms with Crippen LogP contribution in [0.25, 0.3) is 5.57 Å². The van der Waals surface area contributed by atoms with E-state index in [4.69, 9.17) is 25.4 Å². The average Bonchev–Trinajstić information content (AvgIpc) is 3.38. The first-order valence-electron chi connectivity index (χ1n) is 26.3. The fourth-order valence-corrected chi connectivity index (χ4v) is 14.4. The van der Waals surface area contributed by atoms with Crippen LogP contribution in [-0.4, -0.2) is 147 Å². The third-order valence-electron chi connectivity index (χ3n) is 14.1. The smallest absolute Gasteiger partial charge is 0.347 e. The maximum atomic E-state index is 13.8. The van der Waals surface area contributed by atoms with Crippen molar-refractivity contribution in [3.05, 3.63) is 119 Å². The van der Waals surface area contributed by atoms with Crippen LogP contribution in [0.2, 0.25) is 5.02 Å². The molecule has 2 aliphatic heterocycles. The molecule has 4 aromatic carbocycles. The number of anilines is 2. The minimum absolute atomic E-state index is 0.0434. The van der Waals surface area contributed by atoms with Gasteiger partial charge in [-0.1, -0.05) is 61.4 Å². The summed E-state index contributed by atoms with van der Waals surface area (Å²) < 4.78 is 86.5. The highest BCUT2D eigenvalue weighted by Gasteiger charge is 2.33. The predicted octanol–water partition coefficient (Wildman–Crippen LogP) is 9.98. The lowest BCUT2D eigenvalue weighted by Gasteiger charge is -2.39. The number of halogens is 1. The van der Waals surface area contributed by atoms with Gasteiger partial charge in [-0.2, -0.15) is 0 Å². The summed E-state index contributed by atoms with van der Waals surface area (Å²) in [5.41, 5.74) is 4.99. The molecule has 0 aromatic heterocycles. The van der Waals surface area contributed by atoms with E-state index in [2.05, 4.69) is 50.7 Å². The fraction of sp³-hybridized carbons (Fsp3) is 0.500. The molecule has 3 aliphatic rings. The van der Waals surface area contributed by atoms with Crippen molar-refractivity contribution in [1.29, 1.82) is 0 Å². The van der Waals surface area contributed by atoms with Crippen molar-refractivity contribution < 1.29 is 44.8 Å². The summed E-state index contributed by atoms with van der Waals surface area (Å²) in [6.07, 6.45) is 4.91. The van der Waals surface area contributed by atoms with E-state index in [9.17, 15) is 31.0 Å². The Kier molecular flexibility index (Phi) is 20.6. The number of carbonyl (C=O) groups excluding carboxylic acids is 2. The predicted molar refractivity (Wildman–Crippen MR) is 308 cm³/mol. The van der Waals surface area contributed by atoms with Crippen molar-refractivity contribution in [1.82, 2.24) is 19.4 Å². The number of thioether (sulfide) groups is 1. The minimum Gasteiger partial charge on any atom is -0.438 e. The number of hydrogen-bond donors (Lipinski definition) is 2. The summed E-state index contributed by atoms with van der Waals surface area (Å²) in [4.78, 5) is 35.3. The number of sulfone groups is 1. The van der Waals surface area contributed by atoms with Crippen molar-refractivity contribution in [2.75, 3.05) is 107 Å². The molecule has 0 radical (unpaired) electrons. The van der Waals surface area contributed by atoms with Gasteiger partial charge in [-0.25, -0.2) is 21.6 Å². The molecule has 2 fully saturated rings. The number of piperazine rings is 2. The molecular formula is C56H76ClN6O10PS3. The second-order valence-corrected chi connectivity index (χ2v) is 29.1. The van der Waals surface area contributed by atoms with Crippen molar-refractivity contribution in [2.24, 2.45) is 10.8 Å². The molecule has 7 rings (SSSR count). The van der Waals surface area contributed by atoms with Crippen molar-refractivity contribution in [2.45, 2.75) is 88.0 Å². The number of hydrogen-bond acceptors (Lipinski definition) is 16. The SMILES string of the molecule is CCOP(=O)(CN1CCN(CC[C@H](CSc2ccccc2)Nc2ccc(S(=O)(=O)NC(=O)c3ccc(N4CCN(CC5=C(c6ccc(Cl)cc6)CCC(C)(C)C5)CC4)cc3)cc2S(C)(=O)=O)CC1)OCOC(=O)C(C)(C)C. The van der Waals surface area contributed by atoms with Crippen LogP contribution in [0.1, 0.15) is 83.1 Å². The van der Waals surface area contributed by atoms with Crippen LogP contribution < -0.4 is 14.9 Å². The zero-order valence-electron chi connectivity index (χ0n) is 45.5. The number of esters is 1. The summed E-state index contributed by atoms with van der Waals surface area (Å²) in [6.45, 7) is 18.6. The van der Waals surface area contributed by atoms with Crippen LogP contribution >= 0.6 is 31.0 Å². The third kappa shape index (κ3) is 17.6. The van der Waals surface area contributed by atoms with Gasteiger partial charge in [-0.3, -0.25) is 28.5 Å². The monoisotopic (exact) mass is 1150 g/mol. The standard InChI is InChI=1S/C56H76ClN6O10PS3/c1-8-72-74(66,73-41-71-54(65)55(2,3)4)40-62-30-28-60(29-31-62)27-25-46(39-75-48-12-10-9-11-13-48)58-51-23-22-49(36-52(51)76(7,67)68)77(69,70)59-53(64)43-16-20-47(21-17-43)63-34-32-61(33-35-63)38-44-37-56(5,6)26-24-50(44)42-14-18-45(57)19-15-42/h9-23,36,46,58H,8,24-35,37-41H2,1-7H3,(H,59,64)/t46-,74?/m1/s1. The van der Waals surface area contributed by atoms with Gasteiger partial charge in [0.05, 0.1) is 27.5 Å². The Balaban J connectivity index is 0.951. The number of rotatable bonds is 23. The van der Waals surface area contributed by atoms with E-state index in [1.165, 1.54) is 28.8 Å². The van der Waals surface area contributed by atoms with Gasteiger partial charge in [-0.05, 0) is 137 Å². The molecule has 0 saturated carbocycles. The molecule has 1 unspecified atom stereocenters. The lowest BCUT2D eigenvalue weighted by molar-refractivity contribution is -0.160. The van der Waals surface area contributed by atoms with Crippen LogP contribution in [0.15, 0.2) is 117 Å². The van der Waals surface area contributed by atoms with Crippen molar-refractivity contribution >= 4 is 79.6 Å². The number of amides is 1. The Morgan fingerprint density at radius 2 is 1.48 bits per heavy atom. The Morgan fingerprint density at radius 1 is 0.831 bits per heavy atom. The first-order chi connectivity index (χ1) is 36.4. The normalized spacial score (nSPS) is 18.4. The van der Waals surface area contributed by atoms with Gasteiger partial charge in [-0.15, -0.1) is 11.8 Å². The topological polar surface area (TPSA) is 184 Å². The number of carbonyl (C=O) groups is 2. The Labute approximate surface area is 466 Å². The van der Waals surface area contributed by atoms with Gasteiger partial charge < -0.3 is 24.4 Å². The molecule has 21 heteroatoms. The van der Waals surface area contributed by atoms with Crippen molar-refractivity contribution in [3.63, 3.8) is 0 Å². The molecule has 2 N–H and O–H groups in total. The molecule has 1 amide bonds. The molecule has 0 spiro atoms. The van der Waals surface area contributed by atoms with E-state index in [1.54, 1.807) is 51.6 Å². The summed E-state index contributed by atoms with van der Waals surface area (Å²) >= 11 is 7.84. The molecular weight excluding hydrogens is 1080 g/mol. The van der Waals surface area contributed by atoms with Crippen LogP contribution in [0.3, 0.4) is 0 Å². The van der Waals surface area contributed by atoms with Gasteiger partial charge in [0.15, 0.2) is 9.84 Å². The lowest BCUT2D eigenvalue weighted by atomic mass is 9.73.